The zero-order valence-corrected chi connectivity index (χ0v) is 14.8. The molecule has 24 heavy (non-hydrogen) atoms. The maximum absolute atomic E-state index is 12.6. The third-order valence-electron chi connectivity index (χ3n) is 3.89. The number of nitrogens with one attached hydrogen (secondary N) is 1. The number of anilines is 1. The van der Waals surface area contributed by atoms with Crippen LogP contribution in [0, 0.1) is 0 Å². The van der Waals surface area contributed by atoms with Crippen molar-refractivity contribution in [2.24, 2.45) is 0 Å². The van der Waals surface area contributed by atoms with E-state index in [4.69, 9.17) is 0 Å². The molecular weight excluding hydrogens is 346 g/mol. The van der Waals surface area contributed by atoms with Crippen LogP contribution in [-0.4, -0.2) is 40.1 Å². The van der Waals surface area contributed by atoms with E-state index >= 15 is 0 Å². The number of amides is 2. The predicted molar refractivity (Wildman–Crippen MR) is 93.7 cm³/mol. The first-order valence-corrected chi connectivity index (χ1v) is 9.44. The Morgan fingerprint density at radius 2 is 2.12 bits per heavy atom. The zero-order chi connectivity index (χ0) is 17.1. The highest BCUT2D eigenvalue weighted by Gasteiger charge is 2.33. The van der Waals surface area contributed by atoms with E-state index in [2.05, 4.69) is 10.3 Å². The number of likely N-dealkylation sites (tertiary alicyclic amines) is 1. The van der Waals surface area contributed by atoms with Gasteiger partial charge < -0.3 is 10.2 Å². The van der Waals surface area contributed by atoms with E-state index in [1.54, 1.807) is 16.3 Å². The van der Waals surface area contributed by atoms with Gasteiger partial charge in [0.1, 0.15) is 11.7 Å². The topological polar surface area (TPSA) is 79.4 Å². The summed E-state index contributed by atoms with van der Waals surface area (Å²) in [6, 6.07) is 3.10. The Hall–Kier alpha value is -2.06. The van der Waals surface area contributed by atoms with Crippen molar-refractivity contribution in [2.45, 2.75) is 32.2 Å². The molecule has 2 amide bonds. The van der Waals surface area contributed by atoms with E-state index in [0.717, 1.165) is 12.8 Å². The average Bonchev–Trinajstić information content (AvgIpc) is 3.26. The second-order valence-electron chi connectivity index (χ2n) is 5.57. The lowest BCUT2D eigenvalue weighted by Gasteiger charge is -2.34. The SMILES string of the molecule is CC(=O)c1csc(NC(=O)C2CCCCN2C(=O)c2cccs2)n1. The summed E-state index contributed by atoms with van der Waals surface area (Å²) in [7, 11) is 0. The van der Waals surface area contributed by atoms with E-state index in [-0.39, 0.29) is 17.6 Å². The number of nitrogens with zero attached hydrogens (tertiary/aromatic N) is 2. The van der Waals surface area contributed by atoms with Crippen LogP contribution in [-0.2, 0) is 4.79 Å². The smallest absolute Gasteiger partial charge is 0.264 e. The molecule has 6 nitrogen and oxygen atoms in total. The molecule has 1 unspecified atom stereocenters. The minimum Gasteiger partial charge on any atom is -0.326 e. The Kier molecular flexibility index (Phi) is 5.06. The van der Waals surface area contributed by atoms with Crippen LogP contribution in [0.4, 0.5) is 5.13 Å². The van der Waals surface area contributed by atoms with Gasteiger partial charge in [-0.1, -0.05) is 6.07 Å². The normalized spacial score (nSPS) is 17.5. The van der Waals surface area contributed by atoms with Crippen molar-refractivity contribution in [3.63, 3.8) is 0 Å². The summed E-state index contributed by atoms with van der Waals surface area (Å²) in [5.74, 6) is -0.489. The molecule has 0 aromatic carbocycles. The van der Waals surface area contributed by atoms with Gasteiger partial charge in [0, 0.05) is 18.8 Å². The Morgan fingerprint density at radius 3 is 2.79 bits per heavy atom. The Bertz CT molecular complexity index is 754. The lowest BCUT2D eigenvalue weighted by Crippen LogP contribution is -2.49. The number of carbonyl (C=O) groups is 3. The van der Waals surface area contributed by atoms with Gasteiger partial charge in [-0.15, -0.1) is 22.7 Å². The maximum atomic E-state index is 12.6. The molecule has 0 saturated carbocycles. The average molecular weight is 363 g/mol. The number of aromatic nitrogens is 1. The van der Waals surface area contributed by atoms with E-state index in [0.29, 0.717) is 28.7 Å². The fourth-order valence-corrected chi connectivity index (χ4v) is 4.10. The van der Waals surface area contributed by atoms with Gasteiger partial charge >= 0.3 is 0 Å². The monoisotopic (exact) mass is 363 g/mol. The van der Waals surface area contributed by atoms with Crippen molar-refractivity contribution < 1.29 is 14.4 Å². The molecule has 3 heterocycles. The molecule has 1 fully saturated rings. The van der Waals surface area contributed by atoms with Gasteiger partial charge in [-0.05, 0) is 30.7 Å². The Morgan fingerprint density at radius 1 is 1.29 bits per heavy atom. The van der Waals surface area contributed by atoms with Crippen molar-refractivity contribution in [1.29, 1.82) is 0 Å². The molecule has 0 bridgehead atoms. The summed E-state index contributed by atoms with van der Waals surface area (Å²) < 4.78 is 0. The van der Waals surface area contributed by atoms with Crippen molar-refractivity contribution >= 4 is 45.4 Å². The number of thiazole rings is 1. The molecule has 1 aliphatic rings. The van der Waals surface area contributed by atoms with Crippen molar-refractivity contribution in [1.82, 2.24) is 9.88 Å². The van der Waals surface area contributed by atoms with Gasteiger partial charge in [0.05, 0.1) is 4.88 Å². The highest BCUT2D eigenvalue weighted by atomic mass is 32.1. The molecule has 1 atom stereocenters. The zero-order valence-electron chi connectivity index (χ0n) is 13.2. The van der Waals surface area contributed by atoms with Crippen LogP contribution in [0.25, 0.3) is 0 Å². The third kappa shape index (κ3) is 3.54. The van der Waals surface area contributed by atoms with Crippen LogP contribution in [0.1, 0.15) is 46.3 Å². The van der Waals surface area contributed by atoms with E-state index < -0.39 is 6.04 Å². The number of thiophene rings is 1. The van der Waals surface area contributed by atoms with E-state index in [9.17, 15) is 14.4 Å². The van der Waals surface area contributed by atoms with E-state index in [1.807, 2.05) is 11.4 Å². The molecule has 8 heteroatoms. The largest absolute Gasteiger partial charge is 0.326 e. The van der Waals surface area contributed by atoms with Crippen LogP contribution < -0.4 is 5.32 Å². The molecule has 126 valence electrons. The lowest BCUT2D eigenvalue weighted by atomic mass is 10.0. The summed E-state index contributed by atoms with van der Waals surface area (Å²) in [6.07, 6.45) is 2.43. The Balaban J connectivity index is 1.73. The predicted octanol–water partition coefficient (Wildman–Crippen LogP) is 3.04. The van der Waals surface area contributed by atoms with Crippen molar-refractivity contribution in [3.8, 4) is 0 Å². The van der Waals surface area contributed by atoms with Crippen LogP contribution >= 0.6 is 22.7 Å². The number of carbonyl (C=O) groups excluding carboxylic acids is 3. The molecule has 0 aliphatic carbocycles. The third-order valence-corrected chi connectivity index (χ3v) is 5.51. The highest BCUT2D eigenvalue weighted by molar-refractivity contribution is 7.14. The van der Waals surface area contributed by atoms with Gasteiger partial charge in [0.15, 0.2) is 10.9 Å². The summed E-state index contributed by atoms with van der Waals surface area (Å²) in [5, 5.41) is 6.60. The summed E-state index contributed by atoms with van der Waals surface area (Å²) in [5.41, 5.74) is 0.338. The molecule has 3 rings (SSSR count). The van der Waals surface area contributed by atoms with Gasteiger partial charge in [0.25, 0.3) is 5.91 Å². The summed E-state index contributed by atoms with van der Waals surface area (Å²) >= 11 is 2.59. The second kappa shape index (κ2) is 7.23. The standard InChI is InChI=1S/C16H17N3O3S2/c1-10(20)11-9-24-16(17-11)18-14(21)12-5-2-3-7-19(12)15(22)13-6-4-8-23-13/h4,6,8-9,12H,2-3,5,7H2,1H3,(H,17,18,21). The molecule has 1 aliphatic heterocycles. The summed E-state index contributed by atoms with van der Waals surface area (Å²) in [6.45, 7) is 2.01. The van der Waals surface area contributed by atoms with E-state index in [1.165, 1.54) is 29.6 Å². The first-order valence-electron chi connectivity index (χ1n) is 7.68. The first kappa shape index (κ1) is 16.8. The number of hydrogen-bond acceptors (Lipinski definition) is 6. The fraction of sp³-hybridized carbons (Fsp3) is 0.375. The van der Waals surface area contributed by atoms with Crippen LogP contribution in [0.5, 0.6) is 0 Å². The molecular formula is C16H17N3O3S2. The number of hydrogen-bond donors (Lipinski definition) is 1. The van der Waals surface area contributed by atoms with Gasteiger partial charge in [-0.25, -0.2) is 4.98 Å². The first-order chi connectivity index (χ1) is 11.6. The molecule has 2 aromatic rings. The molecule has 1 saturated heterocycles. The molecule has 0 radical (unpaired) electrons. The van der Waals surface area contributed by atoms with Crippen LogP contribution in [0.3, 0.4) is 0 Å². The fourth-order valence-electron chi connectivity index (χ4n) is 2.67. The van der Waals surface area contributed by atoms with Gasteiger partial charge in [0.2, 0.25) is 5.91 Å². The summed E-state index contributed by atoms with van der Waals surface area (Å²) in [4.78, 5) is 42.9. The van der Waals surface area contributed by atoms with Gasteiger partial charge in [-0.2, -0.15) is 0 Å². The molecule has 1 N–H and O–H groups in total. The second-order valence-corrected chi connectivity index (χ2v) is 7.38. The lowest BCUT2D eigenvalue weighted by molar-refractivity contribution is -0.121. The van der Waals surface area contributed by atoms with Crippen LogP contribution in [0.2, 0.25) is 0 Å². The highest BCUT2D eigenvalue weighted by Crippen LogP contribution is 2.24. The molecule has 0 spiro atoms. The van der Waals surface area contributed by atoms with Crippen molar-refractivity contribution in [3.05, 3.63) is 33.5 Å². The number of piperidine rings is 1. The maximum Gasteiger partial charge on any atom is 0.264 e. The van der Waals surface area contributed by atoms with Crippen LogP contribution in [0.15, 0.2) is 22.9 Å². The number of Topliss-reactive ketones (excluding diaryl/α,β-unsaturated/α-hetero) is 1. The Labute approximate surface area is 147 Å². The quantitative estimate of drug-likeness (QED) is 0.847. The van der Waals surface area contributed by atoms with Gasteiger partial charge in [-0.3, -0.25) is 14.4 Å². The molecule has 2 aromatic heterocycles. The minimum atomic E-state index is -0.502. The number of ketones is 1. The number of rotatable bonds is 4. The minimum absolute atomic E-state index is 0.103. The van der Waals surface area contributed by atoms with Crippen molar-refractivity contribution in [2.75, 3.05) is 11.9 Å².